The van der Waals surface area contributed by atoms with E-state index in [4.69, 9.17) is 23.8 Å². The van der Waals surface area contributed by atoms with Crippen molar-refractivity contribution >= 4 is 52.3 Å². The van der Waals surface area contributed by atoms with E-state index < -0.39 is 6.04 Å². The monoisotopic (exact) mass is 665 g/mol. The highest BCUT2D eigenvalue weighted by molar-refractivity contribution is 7.08. The van der Waals surface area contributed by atoms with Crippen molar-refractivity contribution in [1.82, 2.24) is 25.3 Å². The highest BCUT2D eigenvalue weighted by atomic mass is 35.5. The average Bonchev–Trinajstić information content (AvgIpc) is 3.46. The zero-order valence-electron chi connectivity index (χ0n) is 26.2. The maximum absolute atomic E-state index is 14.0. The normalized spacial score (nSPS) is 20.8. The zero-order chi connectivity index (χ0) is 32.2. The Bertz CT molecular complexity index is 1470. The molecule has 5 heterocycles. The van der Waals surface area contributed by atoms with Crippen molar-refractivity contribution in [2.75, 3.05) is 56.9 Å². The number of fused-ring (bicyclic) bond motifs is 1. The van der Waals surface area contributed by atoms with Gasteiger partial charge in [-0.2, -0.15) is 0 Å². The van der Waals surface area contributed by atoms with Crippen LogP contribution in [0.5, 0.6) is 0 Å². The lowest BCUT2D eigenvalue weighted by atomic mass is 9.79. The van der Waals surface area contributed by atoms with Crippen LogP contribution in [0.25, 0.3) is 0 Å². The van der Waals surface area contributed by atoms with Crippen LogP contribution in [0.2, 0.25) is 5.02 Å². The van der Waals surface area contributed by atoms with Gasteiger partial charge in [0.1, 0.15) is 6.04 Å². The zero-order valence-corrected chi connectivity index (χ0v) is 27.8. The summed E-state index contributed by atoms with van der Waals surface area (Å²) in [5, 5.41) is 14.0. The topological polar surface area (TPSA) is 123 Å². The summed E-state index contributed by atoms with van der Waals surface area (Å²) in [4.78, 5) is 46.3. The van der Waals surface area contributed by atoms with E-state index in [1.807, 2.05) is 15.2 Å². The fourth-order valence-corrected chi connectivity index (χ4v) is 8.67. The number of urea groups is 2. The number of rotatable bonds is 6. The molecule has 0 bridgehead atoms. The van der Waals surface area contributed by atoms with Gasteiger partial charge in [-0.05, 0) is 98.5 Å². The van der Waals surface area contributed by atoms with E-state index in [0.29, 0.717) is 73.7 Å². The number of nitrogens with zero attached hydrogens (tertiary/aromatic N) is 3. The number of halogens is 1. The van der Waals surface area contributed by atoms with Crippen molar-refractivity contribution in [1.29, 1.82) is 0 Å². The molecule has 0 spiro atoms. The summed E-state index contributed by atoms with van der Waals surface area (Å²) in [7, 11) is 0. The van der Waals surface area contributed by atoms with Crippen LogP contribution in [0, 0.1) is 24.2 Å². The fourth-order valence-electron chi connectivity index (χ4n) is 7.60. The predicted octanol–water partition coefficient (Wildman–Crippen LogP) is 4.38. The lowest BCUT2D eigenvalue weighted by Crippen LogP contribution is -2.57. The summed E-state index contributed by atoms with van der Waals surface area (Å²) in [5.74, 6) is 3.83. The Balaban J connectivity index is 1.10. The molecule has 0 unspecified atom stereocenters. The molecule has 6 rings (SSSR count). The van der Waals surface area contributed by atoms with Crippen LogP contribution in [-0.4, -0.2) is 90.6 Å². The molecule has 12 heteroatoms. The lowest BCUT2D eigenvalue weighted by molar-refractivity contribution is -0.135. The Labute approximate surface area is 280 Å². The maximum atomic E-state index is 14.0. The summed E-state index contributed by atoms with van der Waals surface area (Å²) in [6, 6.07) is 2.42. The van der Waals surface area contributed by atoms with Crippen LogP contribution in [0.4, 0.5) is 21.0 Å². The van der Waals surface area contributed by atoms with Crippen LogP contribution in [0.15, 0.2) is 22.9 Å². The standard InChI is InChI=1S/C34H44ClN7O3S/c1-2-23-17-22(18-28(35)31(23)36)19-29(32(43)40-12-5-25(6-13-40)24-3-10-37-11-4-24)38-33(44)41-14-8-27(9-15-41)42-16-7-26-20-46-21-30(26)39-34(42)45/h1,17-18,20-21,24-25,27,29,37H,3-16,19,36H2,(H,38,44)(H,39,45)/t29-/m1/s1. The van der Waals surface area contributed by atoms with Crippen molar-refractivity contribution < 1.29 is 14.4 Å². The van der Waals surface area contributed by atoms with Crippen LogP contribution in [0.3, 0.4) is 0 Å². The number of nitrogens with one attached hydrogen (secondary N) is 3. The predicted molar refractivity (Wildman–Crippen MR) is 183 cm³/mol. The summed E-state index contributed by atoms with van der Waals surface area (Å²) >= 11 is 7.99. The lowest BCUT2D eigenvalue weighted by Gasteiger charge is -2.40. The number of likely N-dealkylation sites (tertiary alicyclic amines) is 2. The SMILES string of the molecule is C#Cc1cc(C[C@@H](NC(=O)N2CCC(N3CCc4cscc4NC3=O)CC2)C(=O)N2CCC(C3CCNCC3)CC2)cc(Cl)c1N. The molecule has 5 N–H and O–H groups in total. The molecule has 2 aromatic rings. The van der Waals surface area contributed by atoms with E-state index in [9.17, 15) is 14.4 Å². The average molecular weight is 666 g/mol. The number of amides is 5. The van der Waals surface area contributed by atoms with Gasteiger partial charge in [0.2, 0.25) is 5.91 Å². The molecule has 46 heavy (non-hydrogen) atoms. The van der Waals surface area contributed by atoms with Gasteiger partial charge in [0.15, 0.2) is 0 Å². The first-order valence-corrected chi connectivity index (χ1v) is 17.8. The molecule has 3 fully saturated rings. The molecule has 3 saturated heterocycles. The molecule has 1 aromatic heterocycles. The van der Waals surface area contributed by atoms with Crippen molar-refractivity contribution in [3.8, 4) is 12.3 Å². The number of hydrogen-bond donors (Lipinski definition) is 4. The van der Waals surface area contributed by atoms with Crippen LogP contribution >= 0.6 is 22.9 Å². The first-order chi connectivity index (χ1) is 22.3. The van der Waals surface area contributed by atoms with Gasteiger partial charge in [-0.15, -0.1) is 17.8 Å². The van der Waals surface area contributed by atoms with E-state index >= 15 is 0 Å². The minimum Gasteiger partial charge on any atom is -0.397 e. The van der Waals surface area contributed by atoms with E-state index in [1.54, 1.807) is 28.4 Å². The van der Waals surface area contributed by atoms with Crippen LogP contribution < -0.4 is 21.7 Å². The minimum absolute atomic E-state index is 0.0505. The number of carbonyl (C=O) groups is 3. The van der Waals surface area contributed by atoms with Crippen molar-refractivity contribution in [3.05, 3.63) is 44.6 Å². The number of piperidine rings is 3. The second kappa shape index (κ2) is 14.5. The molecule has 0 aliphatic carbocycles. The largest absolute Gasteiger partial charge is 0.397 e. The number of thiophene rings is 1. The van der Waals surface area contributed by atoms with E-state index in [-0.39, 0.29) is 30.4 Å². The first-order valence-electron chi connectivity index (χ1n) is 16.5. The molecule has 1 aromatic carbocycles. The number of carbonyl (C=O) groups excluding carboxylic acids is 3. The Morgan fingerprint density at radius 2 is 1.72 bits per heavy atom. The quantitative estimate of drug-likeness (QED) is 0.270. The number of benzene rings is 1. The number of hydrogen-bond acceptors (Lipinski definition) is 6. The number of nitrogen functional groups attached to an aromatic ring is 1. The van der Waals surface area contributed by atoms with Crippen LogP contribution in [0.1, 0.15) is 55.2 Å². The molecule has 246 valence electrons. The molecule has 0 radical (unpaired) electrons. The minimum atomic E-state index is -0.777. The Morgan fingerprint density at radius 3 is 2.43 bits per heavy atom. The number of anilines is 2. The highest BCUT2D eigenvalue weighted by Crippen LogP contribution is 2.32. The summed E-state index contributed by atoms with van der Waals surface area (Å²) < 4.78 is 0. The summed E-state index contributed by atoms with van der Waals surface area (Å²) in [6.45, 7) is 5.17. The maximum Gasteiger partial charge on any atom is 0.322 e. The second-order valence-corrected chi connectivity index (χ2v) is 14.2. The molecule has 4 aliphatic rings. The third kappa shape index (κ3) is 7.24. The fraction of sp³-hybridized carbons (Fsp3) is 0.559. The molecular formula is C34H44ClN7O3S. The molecule has 1 atom stereocenters. The molecule has 0 saturated carbocycles. The van der Waals surface area contributed by atoms with Gasteiger partial charge in [-0.3, -0.25) is 4.79 Å². The van der Waals surface area contributed by atoms with Gasteiger partial charge in [-0.25, -0.2) is 9.59 Å². The Kier molecular flexibility index (Phi) is 10.3. The highest BCUT2D eigenvalue weighted by Gasteiger charge is 2.35. The third-order valence-electron chi connectivity index (χ3n) is 10.3. The smallest absolute Gasteiger partial charge is 0.322 e. The second-order valence-electron chi connectivity index (χ2n) is 13.0. The van der Waals surface area contributed by atoms with Crippen molar-refractivity contribution in [2.45, 2.75) is 63.5 Å². The van der Waals surface area contributed by atoms with Gasteiger partial charge < -0.3 is 36.4 Å². The van der Waals surface area contributed by atoms with E-state index in [2.05, 4.69) is 27.3 Å². The van der Waals surface area contributed by atoms with Crippen LogP contribution in [-0.2, 0) is 17.6 Å². The number of nitrogens with two attached hydrogens (primary N) is 1. The van der Waals surface area contributed by atoms with Crippen molar-refractivity contribution in [2.24, 2.45) is 11.8 Å². The summed E-state index contributed by atoms with van der Waals surface area (Å²) in [5.41, 5.74) is 9.68. The third-order valence-corrected chi connectivity index (χ3v) is 11.4. The molecule has 10 nitrogen and oxygen atoms in total. The van der Waals surface area contributed by atoms with Gasteiger partial charge >= 0.3 is 12.1 Å². The Hall–Kier alpha value is -3.46. The van der Waals surface area contributed by atoms with E-state index in [0.717, 1.165) is 43.6 Å². The first kappa shape index (κ1) is 32.5. The van der Waals surface area contributed by atoms with E-state index in [1.165, 1.54) is 18.4 Å². The van der Waals surface area contributed by atoms with Crippen molar-refractivity contribution in [3.63, 3.8) is 0 Å². The van der Waals surface area contributed by atoms with Gasteiger partial charge in [0, 0.05) is 56.1 Å². The molecule has 4 aliphatic heterocycles. The molecule has 5 amide bonds. The summed E-state index contributed by atoms with van der Waals surface area (Å²) in [6.07, 6.45) is 12.5. The number of terminal acetylenes is 1. The Morgan fingerprint density at radius 1 is 1.02 bits per heavy atom. The molecular weight excluding hydrogens is 622 g/mol. The van der Waals surface area contributed by atoms with Gasteiger partial charge in [0.05, 0.1) is 16.4 Å². The van der Waals surface area contributed by atoms with Gasteiger partial charge in [0.25, 0.3) is 0 Å². The van der Waals surface area contributed by atoms with Gasteiger partial charge in [-0.1, -0.05) is 17.5 Å².